The van der Waals surface area contributed by atoms with Gasteiger partial charge in [0.2, 0.25) is 0 Å². The number of unbranched alkanes of at least 4 members (excludes halogenated alkanes) is 1. The quantitative estimate of drug-likeness (QED) is 0.536. The summed E-state index contributed by atoms with van der Waals surface area (Å²) in [5.74, 6) is 3.65. The average Bonchev–Trinajstić information content (AvgIpc) is 2.99. The Bertz CT molecular complexity index is 545. The Morgan fingerprint density at radius 1 is 1.19 bits per heavy atom. The van der Waals surface area contributed by atoms with E-state index in [4.69, 9.17) is 0 Å². The van der Waals surface area contributed by atoms with Crippen LogP contribution in [-0.2, 0) is 0 Å². The van der Waals surface area contributed by atoms with Crippen molar-refractivity contribution in [3.05, 3.63) is 23.3 Å². The molecule has 3 saturated carbocycles. The van der Waals surface area contributed by atoms with E-state index in [2.05, 4.69) is 46.8 Å². The lowest BCUT2D eigenvalue weighted by Gasteiger charge is -2.44. The lowest BCUT2D eigenvalue weighted by molar-refractivity contribution is 0.0690. The minimum Gasteiger partial charge on any atom is -0.393 e. The monoisotopic (exact) mass is 372 g/mol. The first-order chi connectivity index (χ1) is 12.9. The molecule has 0 radical (unpaired) electrons. The fourth-order valence-electron chi connectivity index (χ4n) is 6.82. The highest BCUT2D eigenvalue weighted by atomic mass is 16.3. The second-order valence-corrected chi connectivity index (χ2v) is 10.6. The number of rotatable bonds is 5. The van der Waals surface area contributed by atoms with Gasteiger partial charge in [0, 0.05) is 0 Å². The summed E-state index contributed by atoms with van der Waals surface area (Å²) in [5.41, 5.74) is 3.73. The van der Waals surface area contributed by atoms with Gasteiger partial charge >= 0.3 is 0 Å². The molecule has 0 aliphatic heterocycles. The van der Waals surface area contributed by atoms with Crippen LogP contribution >= 0.6 is 0 Å². The van der Waals surface area contributed by atoms with Crippen LogP contribution in [0.1, 0.15) is 98.8 Å². The summed E-state index contributed by atoms with van der Waals surface area (Å²) in [4.78, 5) is 0. The summed E-state index contributed by atoms with van der Waals surface area (Å²) in [5, 5.41) is 10.4. The molecular weight excluding hydrogens is 328 g/mol. The van der Waals surface area contributed by atoms with E-state index in [0.29, 0.717) is 17.3 Å². The van der Waals surface area contributed by atoms with Gasteiger partial charge in [-0.3, -0.25) is 0 Å². The predicted octanol–water partition coefficient (Wildman–Crippen LogP) is 7.31. The van der Waals surface area contributed by atoms with Gasteiger partial charge in [-0.25, -0.2) is 0 Å². The molecule has 0 amide bonds. The minimum atomic E-state index is -0.148. The molecule has 3 fully saturated rings. The molecule has 3 aliphatic carbocycles. The van der Waals surface area contributed by atoms with Gasteiger partial charge in [0.1, 0.15) is 0 Å². The first-order valence-electron chi connectivity index (χ1n) is 11.9. The maximum Gasteiger partial charge on any atom is 0.0605 e. The SMILES string of the molecule is CCCC[C@H](C)C1CCC2/C(=C/C=C3/C[C@@H](C)[C@H](C)[C@H](O)C3)CCC[C@@]21C. The van der Waals surface area contributed by atoms with E-state index >= 15 is 0 Å². The van der Waals surface area contributed by atoms with Crippen molar-refractivity contribution in [3.8, 4) is 0 Å². The molecule has 0 spiro atoms. The van der Waals surface area contributed by atoms with Crippen LogP contribution in [0.5, 0.6) is 0 Å². The Balaban J connectivity index is 1.73. The normalized spacial score (nSPS) is 43.9. The van der Waals surface area contributed by atoms with Crippen LogP contribution < -0.4 is 0 Å². The second-order valence-electron chi connectivity index (χ2n) is 10.6. The molecular formula is C26H44O. The standard InChI is InChI=1S/C26H44O/c1-6-7-9-18(2)23-13-14-24-22(10-8-15-26(23,24)5)12-11-21-16-19(3)20(4)25(27)17-21/h11-12,18-20,23-25,27H,6-10,13-17H2,1-5H3/b21-11-,22-12+/t18-,19+,20-,23?,24?,25+,26+/m0/s1. The number of aliphatic hydroxyl groups excluding tert-OH is 1. The fourth-order valence-corrected chi connectivity index (χ4v) is 6.82. The van der Waals surface area contributed by atoms with Crippen molar-refractivity contribution in [2.45, 2.75) is 105 Å². The van der Waals surface area contributed by atoms with E-state index in [1.165, 1.54) is 63.4 Å². The third-order valence-corrected chi connectivity index (χ3v) is 8.83. The molecule has 154 valence electrons. The summed E-state index contributed by atoms with van der Waals surface area (Å²) in [6, 6.07) is 0. The lowest BCUT2D eigenvalue weighted by atomic mass is 9.60. The molecule has 1 heteroatoms. The largest absolute Gasteiger partial charge is 0.393 e. The highest BCUT2D eigenvalue weighted by molar-refractivity contribution is 5.26. The Morgan fingerprint density at radius 2 is 1.96 bits per heavy atom. The average molecular weight is 373 g/mol. The fraction of sp³-hybridized carbons (Fsp3) is 0.846. The van der Waals surface area contributed by atoms with Crippen LogP contribution in [-0.4, -0.2) is 11.2 Å². The molecule has 3 aliphatic rings. The number of aliphatic hydroxyl groups is 1. The van der Waals surface area contributed by atoms with Gasteiger partial charge in [0.05, 0.1) is 6.10 Å². The molecule has 1 N–H and O–H groups in total. The summed E-state index contributed by atoms with van der Waals surface area (Å²) >= 11 is 0. The maximum atomic E-state index is 10.4. The zero-order valence-corrected chi connectivity index (χ0v) is 18.6. The Hall–Kier alpha value is -0.560. The van der Waals surface area contributed by atoms with E-state index in [-0.39, 0.29) is 6.10 Å². The van der Waals surface area contributed by atoms with Crippen molar-refractivity contribution in [1.82, 2.24) is 0 Å². The van der Waals surface area contributed by atoms with E-state index in [0.717, 1.165) is 24.2 Å². The van der Waals surface area contributed by atoms with Crippen LogP contribution in [0.4, 0.5) is 0 Å². The van der Waals surface area contributed by atoms with Crippen molar-refractivity contribution in [2.24, 2.45) is 35.0 Å². The summed E-state index contributed by atoms with van der Waals surface area (Å²) < 4.78 is 0. The molecule has 7 atom stereocenters. The first-order valence-corrected chi connectivity index (χ1v) is 11.9. The van der Waals surface area contributed by atoms with Crippen molar-refractivity contribution in [2.75, 3.05) is 0 Å². The zero-order valence-electron chi connectivity index (χ0n) is 18.6. The number of hydrogen-bond donors (Lipinski definition) is 1. The Labute approximate surface area is 168 Å². The molecule has 1 nitrogen and oxygen atoms in total. The predicted molar refractivity (Wildman–Crippen MR) is 117 cm³/mol. The molecule has 0 aromatic heterocycles. The first kappa shape index (κ1) is 21.2. The minimum absolute atomic E-state index is 0.148. The summed E-state index contributed by atoms with van der Waals surface area (Å²) in [6.07, 6.45) is 17.9. The number of hydrogen-bond acceptors (Lipinski definition) is 1. The molecule has 0 heterocycles. The van der Waals surface area contributed by atoms with Gasteiger partial charge in [-0.2, -0.15) is 0 Å². The summed E-state index contributed by atoms with van der Waals surface area (Å²) in [6.45, 7) is 12.0. The van der Waals surface area contributed by atoms with Gasteiger partial charge < -0.3 is 5.11 Å². The third-order valence-electron chi connectivity index (χ3n) is 8.83. The van der Waals surface area contributed by atoms with E-state index in [1.54, 1.807) is 5.57 Å². The van der Waals surface area contributed by atoms with Gasteiger partial charge in [-0.15, -0.1) is 0 Å². The maximum absolute atomic E-state index is 10.4. The molecule has 0 bridgehead atoms. The lowest BCUT2D eigenvalue weighted by Crippen LogP contribution is -2.36. The van der Waals surface area contributed by atoms with Crippen molar-refractivity contribution < 1.29 is 5.11 Å². The van der Waals surface area contributed by atoms with Gasteiger partial charge in [0.15, 0.2) is 0 Å². The Morgan fingerprint density at radius 3 is 2.67 bits per heavy atom. The van der Waals surface area contributed by atoms with Crippen molar-refractivity contribution in [1.29, 1.82) is 0 Å². The highest BCUT2D eigenvalue weighted by Crippen LogP contribution is 2.59. The van der Waals surface area contributed by atoms with Gasteiger partial charge in [-0.05, 0) is 80.0 Å². The van der Waals surface area contributed by atoms with Crippen molar-refractivity contribution in [3.63, 3.8) is 0 Å². The topological polar surface area (TPSA) is 20.2 Å². The third kappa shape index (κ3) is 4.39. The molecule has 2 unspecified atom stereocenters. The summed E-state index contributed by atoms with van der Waals surface area (Å²) in [7, 11) is 0. The smallest absolute Gasteiger partial charge is 0.0605 e. The molecule has 27 heavy (non-hydrogen) atoms. The Kier molecular flexibility index (Phi) is 6.93. The van der Waals surface area contributed by atoms with Crippen LogP contribution in [0.15, 0.2) is 23.3 Å². The van der Waals surface area contributed by atoms with Gasteiger partial charge in [-0.1, -0.05) is 77.2 Å². The van der Waals surface area contributed by atoms with Gasteiger partial charge in [0.25, 0.3) is 0 Å². The zero-order chi connectivity index (χ0) is 19.6. The number of allylic oxidation sites excluding steroid dienone is 3. The van der Waals surface area contributed by atoms with Crippen molar-refractivity contribution >= 4 is 0 Å². The van der Waals surface area contributed by atoms with E-state index in [1.807, 2.05) is 0 Å². The second kappa shape index (κ2) is 8.85. The van der Waals surface area contributed by atoms with Crippen LogP contribution in [0, 0.1) is 35.0 Å². The van der Waals surface area contributed by atoms with E-state index < -0.39 is 0 Å². The highest BCUT2D eigenvalue weighted by Gasteiger charge is 2.50. The molecule has 3 rings (SSSR count). The number of fused-ring (bicyclic) bond motifs is 1. The van der Waals surface area contributed by atoms with E-state index in [9.17, 15) is 5.11 Å². The van der Waals surface area contributed by atoms with Crippen LogP contribution in [0.3, 0.4) is 0 Å². The van der Waals surface area contributed by atoms with Crippen LogP contribution in [0.25, 0.3) is 0 Å². The van der Waals surface area contributed by atoms with Crippen LogP contribution in [0.2, 0.25) is 0 Å². The molecule has 0 saturated heterocycles. The molecule has 0 aromatic rings. The molecule has 0 aromatic carbocycles.